The van der Waals surface area contributed by atoms with Crippen LogP contribution in [0.5, 0.6) is 0 Å². The summed E-state index contributed by atoms with van der Waals surface area (Å²) in [5.41, 5.74) is 1.78. The van der Waals surface area contributed by atoms with Gasteiger partial charge in [-0.05, 0) is 18.1 Å². The van der Waals surface area contributed by atoms with Crippen molar-refractivity contribution in [2.45, 2.75) is 19.4 Å². The lowest BCUT2D eigenvalue weighted by Gasteiger charge is -2.22. The number of rotatable bonds is 6. The smallest absolute Gasteiger partial charge is 0.254 e. The van der Waals surface area contributed by atoms with Gasteiger partial charge < -0.3 is 14.6 Å². The number of carbonyl (C=O) groups is 2. The summed E-state index contributed by atoms with van der Waals surface area (Å²) < 4.78 is 4.88. The molecule has 2 amide bonds. The topological polar surface area (TPSA) is 65.8 Å². The molecule has 0 atom stereocenters. The molecule has 0 saturated carbocycles. The fraction of sp³-hybridized carbons (Fsp3) is 0.400. The van der Waals surface area contributed by atoms with E-state index in [-0.39, 0.29) is 11.8 Å². The third-order valence-corrected chi connectivity index (χ3v) is 4.60. The molecular formula is C20H25N3O3. The van der Waals surface area contributed by atoms with Crippen molar-refractivity contribution in [1.29, 1.82) is 0 Å². The molecule has 1 aromatic heterocycles. The molecule has 6 nitrogen and oxygen atoms in total. The summed E-state index contributed by atoms with van der Waals surface area (Å²) in [7, 11) is 0. The lowest BCUT2D eigenvalue weighted by molar-refractivity contribution is -0.130. The second-order valence-electron chi connectivity index (χ2n) is 6.51. The van der Waals surface area contributed by atoms with Crippen molar-refractivity contribution >= 4 is 11.8 Å². The summed E-state index contributed by atoms with van der Waals surface area (Å²) in [6.45, 7) is 4.65. The Hall–Kier alpha value is -2.60. The van der Waals surface area contributed by atoms with Crippen LogP contribution in [0.1, 0.15) is 28.8 Å². The molecule has 0 radical (unpaired) electrons. The molecular weight excluding hydrogens is 330 g/mol. The number of hydrogen-bond donors (Lipinski definition) is 1. The molecule has 2 aromatic rings. The maximum absolute atomic E-state index is 12.4. The zero-order chi connectivity index (χ0) is 18.2. The molecule has 1 N–H and O–H groups in total. The number of nitrogens with one attached hydrogen (secondary N) is 1. The maximum atomic E-state index is 12.4. The van der Waals surface area contributed by atoms with Crippen LogP contribution in [-0.4, -0.2) is 54.3 Å². The van der Waals surface area contributed by atoms with Gasteiger partial charge in [-0.15, -0.1) is 0 Å². The first-order chi connectivity index (χ1) is 12.7. The Balaban J connectivity index is 1.40. The van der Waals surface area contributed by atoms with E-state index in [2.05, 4.69) is 34.5 Å². The monoisotopic (exact) mass is 355 g/mol. The molecule has 1 aliphatic rings. The molecule has 1 aromatic carbocycles. The molecule has 0 bridgehead atoms. The molecule has 2 heterocycles. The Bertz CT molecular complexity index is 700. The van der Waals surface area contributed by atoms with Crippen LogP contribution in [-0.2, 0) is 11.3 Å². The van der Waals surface area contributed by atoms with Gasteiger partial charge in [0.05, 0.1) is 11.8 Å². The van der Waals surface area contributed by atoms with E-state index in [0.29, 0.717) is 18.5 Å². The molecule has 138 valence electrons. The largest absolute Gasteiger partial charge is 0.472 e. The van der Waals surface area contributed by atoms with Crippen LogP contribution >= 0.6 is 0 Å². The van der Waals surface area contributed by atoms with E-state index in [9.17, 15) is 9.59 Å². The lowest BCUT2D eigenvalue weighted by Crippen LogP contribution is -2.37. The van der Waals surface area contributed by atoms with Crippen molar-refractivity contribution in [3.63, 3.8) is 0 Å². The highest BCUT2D eigenvalue weighted by atomic mass is 16.3. The average Bonchev–Trinajstić information content (AvgIpc) is 3.10. The summed E-state index contributed by atoms with van der Waals surface area (Å²) in [6.07, 6.45) is 4.15. The van der Waals surface area contributed by atoms with Gasteiger partial charge in [0.1, 0.15) is 6.26 Å². The second-order valence-corrected chi connectivity index (χ2v) is 6.51. The molecule has 6 heteroatoms. The molecule has 1 aliphatic heterocycles. The van der Waals surface area contributed by atoms with Crippen LogP contribution in [0.15, 0.2) is 53.3 Å². The van der Waals surface area contributed by atoms with Crippen molar-refractivity contribution in [2.24, 2.45) is 0 Å². The maximum Gasteiger partial charge on any atom is 0.254 e. The van der Waals surface area contributed by atoms with Gasteiger partial charge in [-0.25, -0.2) is 0 Å². The van der Waals surface area contributed by atoms with Crippen LogP contribution in [0.4, 0.5) is 0 Å². The minimum Gasteiger partial charge on any atom is -0.472 e. The number of benzene rings is 1. The van der Waals surface area contributed by atoms with Crippen LogP contribution < -0.4 is 5.32 Å². The van der Waals surface area contributed by atoms with Gasteiger partial charge in [-0.3, -0.25) is 14.5 Å². The molecule has 1 saturated heterocycles. The highest BCUT2D eigenvalue weighted by Crippen LogP contribution is 2.10. The van der Waals surface area contributed by atoms with Gasteiger partial charge in [0.25, 0.3) is 5.91 Å². The Morgan fingerprint density at radius 2 is 1.88 bits per heavy atom. The highest BCUT2D eigenvalue weighted by molar-refractivity contribution is 5.94. The normalized spacial score (nSPS) is 15.5. The average molecular weight is 355 g/mol. The van der Waals surface area contributed by atoms with Crippen LogP contribution in [0.3, 0.4) is 0 Å². The van der Waals surface area contributed by atoms with Gasteiger partial charge in [0.2, 0.25) is 5.91 Å². The van der Waals surface area contributed by atoms with E-state index in [1.807, 2.05) is 11.0 Å². The van der Waals surface area contributed by atoms with Crippen molar-refractivity contribution in [3.05, 3.63) is 60.1 Å². The first-order valence-corrected chi connectivity index (χ1v) is 9.07. The minimum absolute atomic E-state index is 0.0963. The van der Waals surface area contributed by atoms with Crippen molar-refractivity contribution in [2.75, 3.05) is 32.7 Å². The van der Waals surface area contributed by atoms with Crippen LogP contribution in [0.2, 0.25) is 0 Å². The molecule has 1 fully saturated rings. The Morgan fingerprint density at radius 1 is 1.04 bits per heavy atom. The van der Waals surface area contributed by atoms with E-state index in [4.69, 9.17) is 4.42 Å². The van der Waals surface area contributed by atoms with Gasteiger partial charge in [0, 0.05) is 45.7 Å². The molecule has 0 spiro atoms. The third-order valence-electron chi connectivity index (χ3n) is 4.60. The summed E-state index contributed by atoms with van der Waals surface area (Å²) in [5, 5.41) is 2.76. The van der Waals surface area contributed by atoms with Crippen molar-refractivity contribution in [1.82, 2.24) is 15.1 Å². The fourth-order valence-electron chi connectivity index (χ4n) is 3.16. The molecule has 3 rings (SSSR count). The zero-order valence-electron chi connectivity index (χ0n) is 14.9. The number of amides is 2. The van der Waals surface area contributed by atoms with Gasteiger partial charge in [0.15, 0.2) is 0 Å². The third kappa shape index (κ3) is 5.20. The van der Waals surface area contributed by atoms with Gasteiger partial charge >= 0.3 is 0 Å². The Labute approximate surface area is 153 Å². The van der Waals surface area contributed by atoms with Crippen LogP contribution in [0, 0.1) is 0 Å². The fourth-order valence-corrected chi connectivity index (χ4v) is 3.16. The predicted octanol–water partition coefficient (Wildman–Crippen LogP) is 2.13. The lowest BCUT2D eigenvalue weighted by atomic mass is 10.2. The van der Waals surface area contributed by atoms with E-state index >= 15 is 0 Å². The van der Waals surface area contributed by atoms with Crippen molar-refractivity contribution in [3.8, 4) is 0 Å². The predicted molar refractivity (Wildman–Crippen MR) is 98.6 cm³/mol. The SMILES string of the molecule is O=C(NCCC(=O)N1CCCN(Cc2ccccc2)CC1)c1ccoc1. The summed E-state index contributed by atoms with van der Waals surface area (Å²) in [6, 6.07) is 12.0. The van der Waals surface area contributed by atoms with Gasteiger partial charge in [-0.1, -0.05) is 30.3 Å². The van der Waals surface area contributed by atoms with E-state index in [1.54, 1.807) is 6.07 Å². The molecule has 0 aliphatic carbocycles. The zero-order valence-corrected chi connectivity index (χ0v) is 14.9. The molecule has 0 unspecified atom stereocenters. The summed E-state index contributed by atoms with van der Waals surface area (Å²) in [4.78, 5) is 28.6. The first kappa shape index (κ1) is 18.2. The van der Waals surface area contributed by atoms with E-state index in [1.165, 1.54) is 18.1 Å². The van der Waals surface area contributed by atoms with Crippen molar-refractivity contribution < 1.29 is 14.0 Å². The second kappa shape index (κ2) is 9.20. The number of carbonyl (C=O) groups excluding carboxylic acids is 2. The summed E-state index contributed by atoms with van der Waals surface area (Å²) >= 11 is 0. The number of furan rings is 1. The minimum atomic E-state index is -0.212. The Morgan fingerprint density at radius 3 is 2.65 bits per heavy atom. The molecule has 26 heavy (non-hydrogen) atoms. The van der Waals surface area contributed by atoms with E-state index < -0.39 is 0 Å². The van der Waals surface area contributed by atoms with E-state index in [0.717, 1.165) is 39.1 Å². The summed E-state index contributed by atoms with van der Waals surface area (Å²) in [5.74, 6) is -0.115. The standard InChI is InChI=1S/C20H25N3O3/c24-19(7-9-21-20(25)18-8-14-26-16-18)23-11-4-10-22(12-13-23)15-17-5-2-1-3-6-17/h1-3,5-6,8,14,16H,4,7,9-13,15H2,(H,21,25). The van der Waals surface area contributed by atoms with Crippen LogP contribution in [0.25, 0.3) is 0 Å². The first-order valence-electron chi connectivity index (χ1n) is 9.07. The quantitative estimate of drug-likeness (QED) is 0.862. The Kier molecular flexibility index (Phi) is 6.44. The highest BCUT2D eigenvalue weighted by Gasteiger charge is 2.19. The van der Waals surface area contributed by atoms with Gasteiger partial charge in [-0.2, -0.15) is 0 Å². The number of nitrogens with zero attached hydrogens (tertiary/aromatic N) is 2. The number of hydrogen-bond acceptors (Lipinski definition) is 4.